The van der Waals surface area contributed by atoms with Crippen LogP contribution in [0.1, 0.15) is 30.7 Å². The highest BCUT2D eigenvalue weighted by Crippen LogP contribution is 2.37. The van der Waals surface area contributed by atoms with Gasteiger partial charge in [-0.2, -0.15) is 0 Å². The van der Waals surface area contributed by atoms with Crippen molar-refractivity contribution in [2.24, 2.45) is 10.9 Å². The third-order valence-electron chi connectivity index (χ3n) is 6.07. The fraction of sp³-hybridized carbons (Fsp3) is 0.591. The normalized spacial score (nSPS) is 22.8. The second-order valence-corrected chi connectivity index (χ2v) is 9.04. The van der Waals surface area contributed by atoms with E-state index in [1.54, 1.807) is 0 Å². The zero-order valence-electron chi connectivity index (χ0n) is 18.5. The number of likely N-dealkylation sites (tertiary alicyclic amines) is 1. The molecule has 2 aliphatic heterocycles. The van der Waals surface area contributed by atoms with Gasteiger partial charge in [-0.15, -0.1) is 35.3 Å². The van der Waals surface area contributed by atoms with Crippen LogP contribution < -0.4 is 10.2 Å². The van der Waals surface area contributed by atoms with Crippen molar-refractivity contribution in [3.05, 3.63) is 40.8 Å². The van der Waals surface area contributed by atoms with Crippen molar-refractivity contribution in [3.63, 3.8) is 0 Å². The molecule has 2 aliphatic rings. The van der Waals surface area contributed by atoms with Crippen LogP contribution in [0.2, 0.25) is 0 Å². The molecule has 2 saturated heterocycles. The number of hydrogen-bond acceptors (Lipinski definition) is 6. The summed E-state index contributed by atoms with van der Waals surface area (Å²) in [5, 5.41) is 5.72. The highest BCUT2D eigenvalue weighted by atomic mass is 127. The maximum Gasteiger partial charge on any atom is 0.225 e. The standard InChI is InChI=1S/C22H33N7S.HI/c1-3-23-21(28-12-14-29(15-13-28)22-24-9-6-10-25-22)26-17-18-7-4-11-27(2)20(18)19-8-5-16-30-19;/h5-6,8-10,16,18,20H,3-4,7,11-15,17H2,1-2H3,(H,23,26);1H. The highest BCUT2D eigenvalue weighted by Gasteiger charge is 2.31. The van der Waals surface area contributed by atoms with E-state index < -0.39 is 0 Å². The first-order valence-corrected chi connectivity index (χ1v) is 11.9. The van der Waals surface area contributed by atoms with Gasteiger partial charge >= 0.3 is 0 Å². The quantitative estimate of drug-likeness (QED) is 0.347. The molecule has 31 heavy (non-hydrogen) atoms. The molecule has 2 fully saturated rings. The van der Waals surface area contributed by atoms with Gasteiger partial charge in [0, 0.05) is 62.6 Å². The van der Waals surface area contributed by atoms with Gasteiger partial charge in [-0.3, -0.25) is 9.89 Å². The smallest absolute Gasteiger partial charge is 0.225 e. The van der Waals surface area contributed by atoms with Crippen molar-refractivity contribution in [1.29, 1.82) is 0 Å². The van der Waals surface area contributed by atoms with Gasteiger partial charge in [-0.25, -0.2) is 9.97 Å². The molecule has 0 bridgehead atoms. The Balaban J connectivity index is 0.00000272. The predicted octanol–water partition coefficient (Wildman–Crippen LogP) is 3.33. The molecule has 9 heteroatoms. The summed E-state index contributed by atoms with van der Waals surface area (Å²) in [6.07, 6.45) is 6.12. The van der Waals surface area contributed by atoms with E-state index in [0.717, 1.165) is 51.2 Å². The summed E-state index contributed by atoms with van der Waals surface area (Å²) in [5.41, 5.74) is 0. The zero-order valence-corrected chi connectivity index (χ0v) is 21.6. The lowest BCUT2D eigenvalue weighted by Crippen LogP contribution is -2.53. The van der Waals surface area contributed by atoms with Gasteiger partial charge in [-0.05, 0) is 56.8 Å². The molecule has 1 N–H and O–H groups in total. The molecule has 0 amide bonds. The Morgan fingerprint density at radius 1 is 1.16 bits per heavy atom. The number of nitrogens with zero attached hydrogens (tertiary/aromatic N) is 6. The number of anilines is 1. The number of halogens is 1. The molecular weight excluding hydrogens is 521 g/mol. The SMILES string of the molecule is CCNC(=NCC1CCCN(C)C1c1cccs1)N1CCN(c2ncccn2)CC1.I. The Morgan fingerprint density at radius 3 is 2.61 bits per heavy atom. The zero-order chi connectivity index (χ0) is 20.8. The molecular formula is C22H34IN7S. The number of hydrogen-bond donors (Lipinski definition) is 1. The van der Waals surface area contributed by atoms with E-state index in [-0.39, 0.29) is 24.0 Å². The van der Waals surface area contributed by atoms with Crippen molar-refractivity contribution >= 4 is 47.2 Å². The van der Waals surface area contributed by atoms with Crippen LogP contribution in [0, 0.1) is 5.92 Å². The molecule has 2 aromatic heterocycles. The first-order valence-electron chi connectivity index (χ1n) is 11.0. The summed E-state index contributed by atoms with van der Waals surface area (Å²) in [5.74, 6) is 2.43. The molecule has 7 nitrogen and oxygen atoms in total. The van der Waals surface area contributed by atoms with Crippen molar-refractivity contribution in [1.82, 2.24) is 25.1 Å². The Labute approximate surface area is 207 Å². The summed E-state index contributed by atoms with van der Waals surface area (Å²) >= 11 is 1.87. The number of guanidine groups is 1. The van der Waals surface area contributed by atoms with Crippen molar-refractivity contribution < 1.29 is 0 Å². The molecule has 0 saturated carbocycles. The van der Waals surface area contributed by atoms with Crippen LogP contribution in [0.25, 0.3) is 0 Å². The van der Waals surface area contributed by atoms with E-state index in [4.69, 9.17) is 4.99 Å². The second kappa shape index (κ2) is 12.0. The summed E-state index contributed by atoms with van der Waals surface area (Å²) < 4.78 is 0. The topological polar surface area (TPSA) is 59.9 Å². The van der Waals surface area contributed by atoms with Gasteiger partial charge in [-0.1, -0.05) is 6.07 Å². The number of piperazine rings is 1. The van der Waals surface area contributed by atoms with E-state index in [0.29, 0.717) is 12.0 Å². The van der Waals surface area contributed by atoms with Crippen molar-refractivity contribution in [2.75, 3.05) is 57.8 Å². The van der Waals surface area contributed by atoms with Gasteiger partial charge in [0.05, 0.1) is 0 Å². The lowest BCUT2D eigenvalue weighted by molar-refractivity contribution is 0.128. The van der Waals surface area contributed by atoms with Gasteiger partial charge < -0.3 is 15.1 Å². The maximum atomic E-state index is 5.11. The summed E-state index contributed by atoms with van der Waals surface area (Å²) in [6.45, 7) is 8.78. The van der Waals surface area contributed by atoms with Crippen LogP contribution in [-0.4, -0.2) is 78.6 Å². The van der Waals surface area contributed by atoms with Gasteiger partial charge in [0.25, 0.3) is 0 Å². The van der Waals surface area contributed by atoms with Gasteiger partial charge in [0.15, 0.2) is 5.96 Å². The van der Waals surface area contributed by atoms with Crippen molar-refractivity contribution in [3.8, 4) is 0 Å². The molecule has 2 atom stereocenters. The number of nitrogens with one attached hydrogen (secondary N) is 1. The average molecular weight is 556 g/mol. The number of aromatic nitrogens is 2. The predicted molar refractivity (Wildman–Crippen MR) is 140 cm³/mol. The first-order chi connectivity index (χ1) is 14.8. The van der Waals surface area contributed by atoms with Gasteiger partial charge in [0.2, 0.25) is 5.95 Å². The Kier molecular flexibility index (Phi) is 9.33. The second-order valence-electron chi connectivity index (χ2n) is 8.06. The highest BCUT2D eigenvalue weighted by molar-refractivity contribution is 14.0. The van der Waals surface area contributed by atoms with E-state index in [9.17, 15) is 0 Å². The van der Waals surface area contributed by atoms with Crippen LogP contribution >= 0.6 is 35.3 Å². The van der Waals surface area contributed by atoms with Crippen LogP contribution in [-0.2, 0) is 0 Å². The summed E-state index contributed by atoms with van der Waals surface area (Å²) in [7, 11) is 2.26. The Morgan fingerprint density at radius 2 is 1.94 bits per heavy atom. The molecule has 2 unspecified atom stereocenters. The fourth-order valence-corrected chi connectivity index (χ4v) is 5.55. The van der Waals surface area contributed by atoms with E-state index in [1.165, 1.54) is 24.3 Å². The van der Waals surface area contributed by atoms with Crippen LogP contribution in [0.4, 0.5) is 5.95 Å². The third-order valence-corrected chi connectivity index (χ3v) is 7.01. The lowest BCUT2D eigenvalue weighted by atomic mass is 9.88. The average Bonchev–Trinajstić information content (AvgIpc) is 3.32. The maximum absolute atomic E-state index is 5.11. The molecule has 170 valence electrons. The molecule has 4 rings (SSSR count). The molecule has 0 aliphatic carbocycles. The van der Waals surface area contributed by atoms with Crippen molar-refractivity contribution in [2.45, 2.75) is 25.8 Å². The Bertz CT molecular complexity index is 793. The van der Waals surface area contributed by atoms with E-state index in [2.05, 4.69) is 61.5 Å². The largest absolute Gasteiger partial charge is 0.357 e. The minimum Gasteiger partial charge on any atom is -0.357 e. The van der Waals surface area contributed by atoms with Crippen LogP contribution in [0.5, 0.6) is 0 Å². The molecule has 0 aromatic carbocycles. The monoisotopic (exact) mass is 555 g/mol. The minimum atomic E-state index is 0. The number of rotatable bonds is 5. The molecule has 2 aromatic rings. The van der Waals surface area contributed by atoms with Gasteiger partial charge in [0.1, 0.15) is 0 Å². The summed E-state index contributed by atoms with van der Waals surface area (Å²) in [6, 6.07) is 6.80. The first kappa shape index (κ1) is 24.2. The fourth-order valence-electron chi connectivity index (χ4n) is 4.56. The Hall–Kier alpha value is -1.46. The minimum absolute atomic E-state index is 0. The molecule has 0 spiro atoms. The molecule has 0 radical (unpaired) electrons. The number of piperidine rings is 1. The van der Waals surface area contributed by atoms with Crippen LogP contribution in [0.15, 0.2) is 41.0 Å². The number of thiophene rings is 1. The third kappa shape index (κ3) is 6.07. The summed E-state index contributed by atoms with van der Waals surface area (Å²) in [4.78, 5) is 22.5. The van der Waals surface area contributed by atoms with Crippen LogP contribution in [0.3, 0.4) is 0 Å². The lowest BCUT2D eigenvalue weighted by Gasteiger charge is -2.39. The molecule has 4 heterocycles. The number of aliphatic imine (C=N–C) groups is 1. The van der Waals surface area contributed by atoms with E-state index in [1.807, 2.05) is 29.8 Å². The van der Waals surface area contributed by atoms with E-state index >= 15 is 0 Å².